The van der Waals surface area contributed by atoms with Crippen LogP contribution in [0, 0.1) is 5.82 Å². The van der Waals surface area contributed by atoms with Crippen molar-refractivity contribution in [3.8, 4) is 28.6 Å². The van der Waals surface area contributed by atoms with E-state index in [2.05, 4.69) is 10.1 Å². The van der Waals surface area contributed by atoms with E-state index >= 15 is 0 Å². The van der Waals surface area contributed by atoms with Gasteiger partial charge in [-0.05, 0) is 18.2 Å². The number of carbonyl (C=O) groups excluding carboxylic acids is 1. The predicted octanol–water partition coefficient (Wildman–Crippen LogP) is 3.42. The summed E-state index contributed by atoms with van der Waals surface area (Å²) in [4.78, 5) is 18.6. The first kappa shape index (κ1) is 19.7. The molecule has 2 aromatic carbocycles. The Hall–Kier alpha value is -3.62. The Labute approximate surface area is 172 Å². The molecule has 8 nitrogen and oxygen atoms in total. The molecule has 1 saturated heterocycles. The van der Waals surface area contributed by atoms with E-state index in [0.717, 1.165) is 0 Å². The van der Waals surface area contributed by atoms with E-state index < -0.39 is 5.82 Å². The second kappa shape index (κ2) is 8.02. The fourth-order valence-electron chi connectivity index (χ4n) is 3.39. The van der Waals surface area contributed by atoms with Crippen LogP contribution in [0.1, 0.15) is 18.2 Å². The number of ether oxygens (including phenoxy) is 3. The number of carbonyl (C=O) groups is 1. The molecule has 1 aliphatic heterocycles. The molecule has 0 N–H and O–H groups in total. The molecule has 1 fully saturated rings. The standard InChI is InChI=1S/C21H20FN3O5/c1-27-15-8-14(9-16(10-15)28-2)25-11-13(7-19(25)26)21-23-20(24-30-21)12-4-5-18(29-3)17(22)6-12/h4-6,8-10,13H,7,11H2,1-3H3. The van der Waals surface area contributed by atoms with Gasteiger partial charge in [0.25, 0.3) is 0 Å². The Morgan fingerprint density at radius 3 is 2.43 bits per heavy atom. The summed E-state index contributed by atoms with van der Waals surface area (Å²) in [6.45, 7) is 0.369. The summed E-state index contributed by atoms with van der Waals surface area (Å²) in [5, 5.41) is 3.94. The van der Waals surface area contributed by atoms with E-state index in [1.54, 1.807) is 43.4 Å². The number of amides is 1. The van der Waals surface area contributed by atoms with Crippen molar-refractivity contribution < 1.29 is 27.9 Å². The molecule has 2 heterocycles. The van der Waals surface area contributed by atoms with Gasteiger partial charge in [-0.3, -0.25) is 4.79 Å². The zero-order valence-electron chi connectivity index (χ0n) is 16.7. The summed E-state index contributed by atoms with van der Waals surface area (Å²) in [6.07, 6.45) is 0.220. The van der Waals surface area contributed by atoms with Crippen LogP contribution < -0.4 is 19.1 Å². The van der Waals surface area contributed by atoms with Crippen LogP contribution in [0.5, 0.6) is 17.2 Å². The molecule has 0 saturated carbocycles. The number of anilines is 1. The van der Waals surface area contributed by atoms with Crippen LogP contribution in [-0.4, -0.2) is 43.9 Å². The molecule has 0 radical (unpaired) electrons. The van der Waals surface area contributed by atoms with Crippen molar-refractivity contribution in [2.24, 2.45) is 0 Å². The maximum atomic E-state index is 14.0. The largest absolute Gasteiger partial charge is 0.497 e. The molecule has 9 heteroatoms. The maximum Gasteiger partial charge on any atom is 0.232 e. The molecule has 30 heavy (non-hydrogen) atoms. The van der Waals surface area contributed by atoms with Gasteiger partial charge >= 0.3 is 0 Å². The van der Waals surface area contributed by atoms with Gasteiger partial charge in [-0.15, -0.1) is 0 Å². The minimum Gasteiger partial charge on any atom is -0.497 e. The maximum absolute atomic E-state index is 14.0. The van der Waals surface area contributed by atoms with E-state index in [-0.39, 0.29) is 29.8 Å². The summed E-state index contributed by atoms with van der Waals surface area (Å²) in [7, 11) is 4.50. The summed E-state index contributed by atoms with van der Waals surface area (Å²) in [5.74, 6) is 1.00. The minimum absolute atomic E-state index is 0.0782. The highest BCUT2D eigenvalue weighted by Gasteiger charge is 2.35. The molecular weight excluding hydrogens is 393 g/mol. The lowest BCUT2D eigenvalue weighted by molar-refractivity contribution is -0.117. The van der Waals surface area contributed by atoms with Crippen LogP contribution in [0.25, 0.3) is 11.4 Å². The summed E-state index contributed by atoms with van der Waals surface area (Å²) in [6, 6.07) is 9.69. The van der Waals surface area contributed by atoms with Gasteiger partial charge in [0.2, 0.25) is 17.6 Å². The van der Waals surface area contributed by atoms with Gasteiger partial charge in [0, 0.05) is 36.7 Å². The second-order valence-corrected chi connectivity index (χ2v) is 6.78. The van der Waals surface area contributed by atoms with E-state index in [4.69, 9.17) is 18.7 Å². The lowest BCUT2D eigenvalue weighted by Crippen LogP contribution is -2.24. The molecule has 156 valence electrons. The molecule has 0 bridgehead atoms. The van der Waals surface area contributed by atoms with Crippen LogP contribution >= 0.6 is 0 Å². The topological polar surface area (TPSA) is 86.9 Å². The molecule has 3 aromatic rings. The minimum atomic E-state index is -0.518. The number of aromatic nitrogens is 2. The summed E-state index contributed by atoms with van der Waals surface area (Å²) < 4.78 is 34.8. The molecule has 1 amide bonds. The van der Waals surface area contributed by atoms with Crippen LogP contribution in [0.3, 0.4) is 0 Å². The predicted molar refractivity (Wildman–Crippen MR) is 106 cm³/mol. The SMILES string of the molecule is COc1cc(OC)cc(N2CC(c3nc(-c4ccc(OC)c(F)c4)no3)CC2=O)c1. The molecule has 0 spiro atoms. The van der Waals surface area contributed by atoms with Crippen LogP contribution in [0.2, 0.25) is 0 Å². The monoisotopic (exact) mass is 413 g/mol. The lowest BCUT2D eigenvalue weighted by atomic mass is 10.1. The summed E-state index contributed by atoms with van der Waals surface area (Å²) in [5.41, 5.74) is 1.12. The Kier molecular flexibility index (Phi) is 5.26. The third-order valence-electron chi connectivity index (χ3n) is 4.97. The van der Waals surface area contributed by atoms with E-state index in [0.29, 0.717) is 35.2 Å². The number of methoxy groups -OCH3 is 3. The first-order chi connectivity index (χ1) is 14.5. The second-order valence-electron chi connectivity index (χ2n) is 6.78. The molecule has 0 aliphatic carbocycles. The number of rotatable bonds is 6. The third-order valence-corrected chi connectivity index (χ3v) is 4.97. The van der Waals surface area contributed by atoms with Crippen LogP contribution in [-0.2, 0) is 4.79 Å². The number of benzene rings is 2. The van der Waals surface area contributed by atoms with E-state index in [9.17, 15) is 9.18 Å². The van der Waals surface area contributed by atoms with Crippen molar-refractivity contribution >= 4 is 11.6 Å². The highest BCUT2D eigenvalue weighted by molar-refractivity contribution is 5.96. The average molecular weight is 413 g/mol. The highest BCUT2D eigenvalue weighted by atomic mass is 19.1. The fraction of sp³-hybridized carbons (Fsp3) is 0.286. The van der Waals surface area contributed by atoms with Gasteiger partial charge in [0.1, 0.15) is 11.5 Å². The Balaban J connectivity index is 1.56. The quantitative estimate of drug-likeness (QED) is 0.612. The van der Waals surface area contributed by atoms with Gasteiger partial charge in [-0.25, -0.2) is 4.39 Å². The zero-order chi connectivity index (χ0) is 21.3. The van der Waals surface area contributed by atoms with Gasteiger partial charge in [0.05, 0.1) is 32.9 Å². The number of halogens is 1. The Bertz CT molecular complexity index is 1060. The van der Waals surface area contributed by atoms with Gasteiger partial charge in [-0.2, -0.15) is 4.98 Å². The van der Waals surface area contributed by atoms with Crippen molar-refractivity contribution in [2.75, 3.05) is 32.8 Å². The number of hydrogen-bond donors (Lipinski definition) is 0. The fourth-order valence-corrected chi connectivity index (χ4v) is 3.39. The molecular formula is C21H20FN3O5. The van der Waals surface area contributed by atoms with Crippen molar-refractivity contribution in [3.05, 3.63) is 48.1 Å². The van der Waals surface area contributed by atoms with Crippen molar-refractivity contribution in [1.29, 1.82) is 0 Å². The van der Waals surface area contributed by atoms with Crippen molar-refractivity contribution in [3.63, 3.8) is 0 Å². The normalized spacial score (nSPS) is 16.1. The molecule has 1 atom stereocenters. The summed E-state index contributed by atoms with van der Waals surface area (Å²) >= 11 is 0. The van der Waals surface area contributed by atoms with E-state index in [1.165, 1.54) is 19.2 Å². The molecule has 1 unspecified atom stereocenters. The first-order valence-corrected chi connectivity index (χ1v) is 9.23. The van der Waals surface area contributed by atoms with Crippen molar-refractivity contribution in [1.82, 2.24) is 10.1 Å². The molecule has 1 aromatic heterocycles. The molecule has 4 rings (SSSR count). The lowest BCUT2D eigenvalue weighted by Gasteiger charge is -2.18. The zero-order valence-corrected chi connectivity index (χ0v) is 16.7. The van der Waals surface area contributed by atoms with Gasteiger partial charge < -0.3 is 23.6 Å². The Morgan fingerprint density at radius 1 is 1.07 bits per heavy atom. The smallest absolute Gasteiger partial charge is 0.232 e. The van der Waals surface area contributed by atoms with Crippen molar-refractivity contribution in [2.45, 2.75) is 12.3 Å². The molecule has 1 aliphatic rings. The van der Waals surface area contributed by atoms with E-state index in [1.807, 2.05) is 0 Å². The van der Waals surface area contributed by atoms with Gasteiger partial charge in [-0.1, -0.05) is 5.16 Å². The third kappa shape index (κ3) is 3.66. The van der Waals surface area contributed by atoms with Crippen LogP contribution in [0.4, 0.5) is 10.1 Å². The Morgan fingerprint density at radius 2 is 1.80 bits per heavy atom. The van der Waals surface area contributed by atoms with Gasteiger partial charge in [0.15, 0.2) is 11.6 Å². The number of nitrogens with zero attached hydrogens (tertiary/aromatic N) is 3. The average Bonchev–Trinajstić information content (AvgIpc) is 3.40. The first-order valence-electron chi connectivity index (χ1n) is 9.23. The van der Waals surface area contributed by atoms with Crippen LogP contribution in [0.15, 0.2) is 40.9 Å². The number of hydrogen-bond acceptors (Lipinski definition) is 7. The highest BCUT2D eigenvalue weighted by Crippen LogP contribution is 2.35.